The Morgan fingerprint density at radius 1 is 1.10 bits per heavy atom. The zero-order valence-electron chi connectivity index (χ0n) is 19.5. The Bertz CT molecular complexity index is 628. The van der Waals surface area contributed by atoms with E-state index in [0.717, 1.165) is 12.0 Å². The maximum Gasteiger partial charge on any atom is 0.475 e. The molecule has 0 aromatic heterocycles. The number of amides is 2. The lowest BCUT2D eigenvalue weighted by Crippen LogP contribution is -2.66. The third-order valence-corrected chi connectivity index (χ3v) is 4.36. The monoisotopic (exact) mass is 422 g/mol. The van der Waals surface area contributed by atoms with Gasteiger partial charge in [-0.3, -0.25) is 4.79 Å². The van der Waals surface area contributed by atoms with Gasteiger partial charge in [-0.15, -0.1) is 0 Å². The van der Waals surface area contributed by atoms with Gasteiger partial charge in [-0.25, -0.2) is 4.79 Å². The molecule has 1 saturated carbocycles. The molecule has 2 rings (SSSR count). The number of benzene rings is 1. The number of hydrogen-bond donors (Lipinski definition) is 4. The molecule has 4 N–H and O–H groups in total. The molecule has 0 saturated heterocycles. The summed E-state index contributed by atoms with van der Waals surface area (Å²) in [6, 6.07) is 9.24. The van der Waals surface area contributed by atoms with Crippen molar-refractivity contribution in [3.63, 3.8) is 0 Å². The van der Waals surface area contributed by atoms with Gasteiger partial charge in [0.05, 0.1) is 5.94 Å². The molecular formula is C22H39BN2O5. The van der Waals surface area contributed by atoms with E-state index < -0.39 is 36.2 Å². The lowest BCUT2D eigenvalue weighted by atomic mass is 9.72. The molecule has 0 spiro atoms. The lowest BCUT2D eigenvalue weighted by Gasteiger charge is -2.41. The average molecular weight is 422 g/mol. The summed E-state index contributed by atoms with van der Waals surface area (Å²) < 4.78 is 5.24. The van der Waals surface area contributed by atoms with Crippen LogP contribution in [-0.4, -0.2) is 46.2 Å². The van der Waals surface area contributed by atoms with Crippen LogP contribution in [0.25, 0.3) is 0 Å². The first kappa shape index (κ1) is 27.9. The number of alkyl carbamates (subject to hydrolysis) is 1. The topological polar surface area (TPSA) is 108 Å². The van der Waals surface area contributed by atoms with Crippen LogP contribution >= 0.6 is 0 Å². The first-order valence-corrected chi connectivity index (χ1v) is 10.8. The first-order chi connectivity index (χ1) is 14.1. The molecule has 170 valence electrons. The van der Waals surface area contributed by atoms with E-state index in [9.17, 15) is 19.6 Å². The van der Waals surface area contributed by atoms with Gasteiger partial charge >= 0.3 is 13.2 Å². The van der Waals surface area contributed by atoms with E-state index in [1.807, 2.05) is 58.0 Å². The molecule has 1 fully saturated rings. The summed E-state index contributed by atoms with van der Waals surface area (Å²) >= 11 is 0. The fourth-order valence-electron chi connectivity index (χ4n) is 2.84. The molecule has 1 aliphatic rings. The fraction of sp³-hybridized carbons (Fsp3) is 0.636. The van der Waals surface area contributed by atoms with Gasteiger partial charge in [0, 0.05) is 0 Å². The van der Waals surface area contributed by atoms with Crippen molar-refractivity contribution in [2.75, 3.05) is 0 Å². The van der Waals surface area contributed by atoms with Crippen molar-refractivity contribution < 1.29 is 24.4 Å². The molecule has 30 heavy (non-hydrogen) atoms. The quantitative estimate of drug-likeness (QED) is 0.527. The Hall–Kier alpha value is -2.06. The predicted octanol–water partition coefficient (Wildman–Crippen LogP) is 3.23. The van der Waals surface area contributed by atoms with Crippen molar-refractivity contribution in [1.82, 2.24) is 10.6 Å². The zero-order valence-corrected chi connectivity index (χ0v) is 19.5. The van der Waals surface area contributed by atoms with Crippen LogP contribution in [0, 0.1) is 0 Å². The van der Waals surface area contributed by atoms with Gasteiger partial charge in [-0.05, 0) is 52.0 Å². The minimum absolute atomic E-state index is 0.271. The van der Waals surface area contributed by atoms with E-state index in [2.05, 4.69) is 10.6 Å². The molecule has 2 amide bonds. The Labute approximate surface area is 181 Å². The second kappa shape index (κ2) is 13.3. The number of hydrogen-bond acceptors (Lipinski definition) is 5. The summed E-state index contributed by atoms with van der Waals surface area (Å²) in [5, 5.41) is 24.6. The van der Waals surface area contributed by atoms with E-state index >= 15 is 0 Å². The average Bonchev–Trinajstić information content (AvgIpc) is 2.66. The molecule has 0 heterocycles. The highest BCUT2D eigenvalue weighted by Gasteiger charge is 2.47. The van der Waals surface area contributed by atoms with E-state index in [1.54, 1.807) is 20.8 Å². The predicted molar refractivity (Wildman–Crippen MR) is 121 cm³/mol. The third-order valence-electron chi connectivity index (χ3n) is 4.36. The van der Waals surface area contributed by atoms with Crippen LogP contribution in [0.5, 0.6) is 0 Å². The van der Waals surface area contributed by atoms with Crippen molar-refractivity contribution in [2.45, 2.75) is 91.2 Å². The van der Waals surface area contributed by atoms with Crippen molar-refractivity contribution in [3.05, 3.63) is 35.9 Å². The van der Waals surface area contributed by atoms with Crippen LogP contribution in [0.4, 0.5) is 4.79 Å². The van der Waals surface area contributed by atoms with Crippen LogP contribution in [0.15, 0.2) is 30.3 Å². The molecule has 8 heteroatoms. The Morgan fingerprint density at radius 3 is 2.03 bits per heavy atom. The number of rotatable bonds is 6. The molecule has 1 aliphatic carbocycles. The van der Waals surface area contributed by atoms with Crippen molar-refractivity contribution in [3.8, 4) is 0 Å². The smallest absolute Gasteiger partial charge is 0.444 e. The number of ether oxygens (including phenoxy) is 1. The summed E-state index contributed by atoms with van der Waals surface area (Å²) in [4.78, 5) is 24.8. The minimum atomic E-state index is -1.71. The summed E-state index contributed by atoms with van der Waals surface area (Å²) in [6.45, 7) is 13.2. The normalized spacial score (nSPS) is 15.0. The maximum absolute atomic E-state index is 12.7. The maximum atomic E-state index is 12.7. The second-order valence-corrected chi connectivity index (χ2v) is 7.75. The van der Waals surface area contributed by atoms with E-state index in [1.165, 1.54) is 0 Å². The Morgan fingerprint density at radius 2 is 1.63 bits per heavy atom. The zero-order chi connectivity index (χ0) is 23.4. The molecule has 1 aromatic rings. The van der Waals surface area contributed by atoms with E-state index in [0.29, 0.717) is 12.8 Å². The summed E-state index contributed by atoms with van der Waals surface area (Å²) in [6.07, 6.45) is 1.38. The van der Waals surface area contributed by atoms with Crippen LogP contribution < -0.4 is 10.6 Å². The lowest BCUT2D eigenvalue weighted by molar-refractivity contribution is -0.131. The molecular weight excluding hydrogens is 383 g/mol. The third kappa shape index (κ3) is 9.18. The van der Waals surface area contributed by atoms with Gasteiger partial charge in [-0.2, -0.15) is 0 Å². The van der Waals surface area contributed by atoms with Gasteiger partial charge < -0.3 is 25.4 Å². The number of carbonyl (C=O) groups excluding carboxylic acids is 2. The summed E-state index contributed by atoms with van der Waals surface area (Å²) in [7, 11) is -1.71. The standard InChI is InChI=1S/C18H27BN2O5.2C2H6/c1-17(2,3)26-16(23)21-18(10-7-11-18)15(22)20-14(19(24)25)12-13-8-5-4-6-9-13;2*1-2/h4-6,8-9,14,24-25H,7,10-12H2,1-3H3,(H,20,22)(H,21,23);2*1-2H3. The highest BCUT2D eigenvalue weighted by atomic mass is 16.6. The van der Waals surface area contributed by atoms with E-state index in [-0.39, 0.29) is 6.42 Å². The van der Waals surface area contributed by atoms with Gasteiger partial charge in [0.2, 0.25) is 5.91 Å². The highest BCUT2D eigenvalue weighted by molar-refractivity contribution is 6.43. The van der Waals surface area contributed by atoms with Gasteiger partial charge in [0.25, 0.3) is 0 Å². The number of nitrogens with one attached hydrogen (secondary N) is 2. The largest absolute Gasteiger partial charge is 0.475 e. The van der Waals surface area contributed by atoms with Crippen LogP contribution in [-0.2, 0) is 16.0 Å². The van der Waals surface area contributed by atoms with Crippen molar-refractivity contribution in [2.24, 2.45) is 0 Å². The molecule has 0 radical (unpaired) electrons. The van der Waals surface area contributed by atoms with Crippen LogP contribution in [0.2, 0.25) is 0 Å². The first-order valence-electron chi connectivity index (χ1n) is 10.8. The SMILES string of the molecule is CC.CC.CC(C)(C)OC(=O)NC1(C(=O)NC(Cc2ccccc2)B(O)O)CCC1. The molecule has 1 aromatic carbocycles. The molecule has 7 nitrogen and oxygen atoms in total. The van der Waals surface area contributed by atoms with Gasteiger partial charge in [0.1, 0.15) is 11.1 Å². The fourth-order valence-corrected chi connectivity index (χ4v) is 2.84. The van der Waals surface area contributed by atoms with Gasteiger partial charge in [0.15, 0.2) is 0 Å². The van der Waals surface area contributed by atoms with Crippen LogP contribution in [0.3, 0.4) is 0 Å². The number of carbonyl (C=O) groups is 2. The second-order valence-electron chi connectivity index (χ2n) is 7.75. The summed E-state index contributed by atoms with van der Waals surface area (Å²) in [5.41, 5.74) is -0.858. The van der Waals surface area contributed by atoms with E-state index in [4.69, 9.17) is 4.74 Å². The Kier molecular flexibility index (Phi) is 12.4. The van der Waals surface area contributed by atoms with Crippen LogP contribution in [0.1, 0.15) is 73.3 Å². The molecule has 0 aliphatic heterocycles. The minimum Gasteiger partial charge on any atom is -0.444 e. The highest BCUT2D eigenvalue weighted by Crippen LogP contribution is 2.32. The summed E-state index contributed by atoms with van der Waals surface area (Å²) in [5.74, 6) is -1.30. The van der Waals surface area contributed by atoms with Crippen molar-refractivity contribution >= 4 is 19.1 Å². The molecule has 0 bridgehead atoms. The van der Waals surface area contributed by atoms with Gasteiger partial charge in [-0.1, -0.05) is 58.0 Å². The van der Waals surface area contributed by atoms with Crippen molar-refractivity contribution in [1.29, 1.82) is 0 Å². The Balaban J connectivity index is 0.00000198. The molecule has 1 unspecified atom stereocenters. The molecule has 1 atom stereocenters.